The number of rotatable bonds is 1. The van der Waals surface area contributed by atoms with Crippen LogP contribution >= 0.6 is 0 Å². The fourth-order valence-electron chi connectivity index (χ4n) is 5.39. The van der Waals surface area contributed by atoms with E-state index >= 15 is 0 Å². The van der Waals surface area contributed by atoms with Crippen molar-refractivity contribution in [1.29, 1.82) is 0 Å². The van der Waals surface area contributed by atoms with Gasteiger partial charge in [-0.05, 0) is 62.3 Å². The molecule has 102 valence electrons. The molecule has 2 heteroatoms. The Bertz CT molecular complexity index is 526. The molecule has 5 atom stereocenters. The second kappa shape index (κ2) is 3.82. The van der Waals surface area contributed by atoms with Gasteiger partial charge in [0.25, 0.3) is 0 Å². The number of aryl methyl sites for hydroxylation is 1. The van der Waals surface area contributed by atoms with E-state index in [0.29, 0.717) is 23.3 Å². The van der Waals surface area contributed by atoms with Crippen LogP contribution in [0.25, 0.3) is 0 Å². The highest BCUT2D eigenvalue weighted by Gasteiger charge is 2.61. The summed E-state index contributed by atoms with van der Waals surface area (Å²) in [6.45, 7) is 1.97. The van der Waals surface area contributed by atoms with E-state index in [9.17, 15) is 9.50 Å². The number of aliphatic hydroxyl groups is 1. The van der Waals surface area contributed by atoms with Gasteiger partial charge in [-0.15, -0.1) is 0 Å². The molecule has 0 aromatic heterocycles. The molecule has 5 unspecified atom stereocenters. The molecule has 3 fully saturated rings. The zero-order valence-electron chi connectivity index (χ0n) is 11.4. The molecule has 2 bridgehead atoms. The SMILES string of the molecule is Cc1ccc(F)c(C2(O)CC3CC2C2CCCC32)c1. The number of halogens is 1. The van der Waals surface area contributed by atoms with Gasteiger partial charge in [-0.1, -0.05) is 24.1 Å². The molecule has 3 saturated carbocycles. The first-order chi connectivity index (χ1) is 9.09. The summed E-state index contributed by atoms with van der Waals surface area (Å²) in [6.07, 6.45) is 5.76. The third-order valence-electron chi connectivity index (χ3n) is 6.08. The van der Waals surface area contributed by atoms with E-state index in [2.05, 4.69) is 0 Å². The maximum Gasteiger partial charge on any atom is 0.129 e. The summed E-state index contributed by atoms with van der Waals surface area (Å²) in [4.78, 5) is 0. The fourth-order valence-corrected chi connectivity index (χ4v) is 5.39. The lowest BCUT2D eigenvalue weighted by Crippen LogP contribution is -2.39. The highest BCUT2D eigenvalue weighted by Crippen LogP contribution is 2.65. The van der Waals surface area contributed by atoms with Crippen molar-refractivity contribution in [1.82, 2.24) is 0 Å². The Labute approximate surface area is 113 Å². The van der Waals surface area contributed by atoms with Crippen molar-refractivity contribution in [2.45, 2.75) is 44.6 Å². The van der Waals surface area contributed by atoms with Crippen LogP contribution in [0.3, 0.4) is 0 Å². The Kier molecular flexibility index (Phi) is 2.39. The summed E-state index contributed by atoms with van der Waals surface area (Å²) in [5.41, 5.74) is 0.702. The molecule has 0 amide bonds. The predicted molar refractivity (Wildman–Crippen MR) is 72.1 cm³/mol. The maximum absolute atomic E-state index is 14.2. The molecule has 19 heavy (non-hydrogen) atoms. The number of hydrogen-bond acceptors (Lipinski definition) is 1. The van der Waals surface area contributed by atoms with Gasteiger partial charge >= 0.3 is 0 Å². The Morgan fingerprint density at radius 1 is 1.26 bits per heavy atom. The highest BCUT2D eigenvalue weighted by molar-refractivity contribution is 5.33. The third kappa shape index (κ3) is 1.50. The average molecular weight is 260 g/mol. The molecular weight excluding hydrogens is 239 g/mol. The van der Waals surface area contributed by atoms with Crippen LogP contribution in [0.4, 0.5) is 4.39 Å². The normalized spacial score (nSPS) is 43.7. The van der Waals surface area contributed by atoms with Gasteiger partial charge in [0.05, 0.1) is 5.60 Å². The summed E-state index contributed by atoms with van der Waals surface area (Å²) in [5.74, 6) is 2.15. The van der Waals surface area contributed by atoms with E-state index in [-0.39, 0.29) is 5.82 Å². The van der Waals surface area contributed by atoms with Gasteiger partial charge in [-0.25, -0.2) is 4.39 Å². The summed E-state index contributed by atoms with van der Waals surface area (Å²) in [6, 6.07) is 5.16. The van der Waals surface area contributed by atoms with Crippen LogP contribution in [0.2, 0.25) is 0 Å². The molecule has 0 spiro atoms. The van der Waals surface area contributed by atoms with E-state index in [0.717, 1.165) is 24.3 Å². The Morgan fingerprint density at radius 2 is 2.05 bits per heavy atom. The molecule has 1 aromatic rings. The fraction of sp³-hybridized carbons (Fsp3) is 0.647. The smallest absolute Gasteiger partial charge is 0.129 e. The van der Waals surface area contributed by atoms with Crippen molar-refractivity contribution >= 4 is 0 Å². The summed E-state index contributed by atoms with van der Waals surface area (Å²) >= 11 is 0. The van der Waals surface area contributed by atoms with Crippen LogP contribution in [0.5, 0.6) is 0 Å². The van der Waals surface area contributed by atoms with Crippen LogP contribution in [0.15, 0.2) is 18.2 Å². The Balaban J connectivity index is 1.77. The van der Waals surface area contributed by atoms with Crippen molar-refractivity contribution in [2.75, 3.05) is 0 Å². The lowest BCUT2D eigenvalue weighted by molar-refractivity contribution is -0.0537. The molecule has 1 aromatic carbocycles. The number of hydrogen-bond donors (Lipinski definition) is 1. The Morgan fingerprint density at radius 3 is 2.89 bits per heavy atom. The molecule has 0 heterocycles. The van der Waals surface area contributed by atoms with E-state index in [1.165, 1.54) is 25.3 Å². The minimum Gasteiger partial charge on any atom is -0.385 e. The van der Waals surface area contributed by atoms with E-state index in [1.807, 2.05) is 13.0 Å². The average Bonchev–Trinajstić information content (AvgIpc) is 3.02. The topological polar surface area (TPSA) is 20.2 Å². The van der Waals surface area contributed by atoms with Crippen molar-refractivity contribution in [3.8, 4) is 0 Å². The van der Waals surface area contributed by atoms with Crippen LogP contribution in [0, 0.1) is 36.4 Å². The van der Waals surface area contributed by atoms with Gasteiger partial charge in [0.2, 0.25) is 0 Å². The van der Waals surface area contributed by atoms with E-state index in [4.69, 9.17) is 0 Å². The van der Waals surface area contributed by atoms with Crippen molar-refractivity contribution in [2.24, 2.45) is 23.7 Å². The van der Waals surface area contributed by atoms with Crippen LogP contribution in [-0.2, 0) is 5.60 Å². The van der Waals surface area contributed by atoms with Crippen molar-refractivity contribution < 1.29 is 9.50 Å². The number of fused-ring (bicyclic) bond motifs is 5. The first-order valence-electron chi connectivity index (χ1n) is 7.58. The van der Waals surface area contributed by atoms with Gasteiger partial charge in [0.1, 0.15) is 5.82 Å². The minimum atomic E-state index is -0.897. The largest absolute Gasteiger partial charge is 0.385 e. The first kappa shape index (κ1) is 11.9. The zero-order chi connectivity index (χ0) is 13.2. The standard InChI is InChI=1S/C17H21FO/c1-10-5-6-16(18)15(7-10)17(19)9-11-8-14(17)13-4-2-3-12(11)13/h5-7,11-14,19H,2-4,8-9H2,1H3. The lowest BCUT2D eigenvalue weighted by atomic mass is 9.70. The minimum absolute atomic E-state index is 0.227. The van der Waals surface area contributed by atoms with Crippen molar-refractivity contribution in [3.05, 3.63) is 35.1 Å². The van der Waals surface area contributed by atoms with Crippen molar-refractivity contribution in [3.63, 3.8) is 0 Å². The molecular formula is C17H21FO. The predicted octanol–water partition coefficient (Wildman–Crippen LogP) is 3.78. The molecule has 3 aliphatic rings. The molecule has 1 N–H and O–H groups in total. The molecule has 0 saturated heterocycles. The number of benzene rings is 1. The molecule has 1 nitrogen and oxygen atoms in total. The van der Waals surface area contributed by atoms with Crippen LogP contribution in [-0.4, -0.2) is 5.11 Å². The molecule has 3 aliphatic carbocycles. The molecule has 0 aliphatic heterocycles. The molecule has 0 radical (unpaired) electrons. The van der Waals surface area contributed by atoms with Gasteiger partial charge in [0, 0.05) is 5.56 Å². The van der Waals surface area contributed by atoms with Gasteiger partial charge in [0.15, 0.2) is 0 Å². The summed E-state index contributed by atoms with van der Waals surface area (Å²) in [5, 5.41) is 11.2. The quantitative estimate of drug-likeness (QED) is 0.814. The van der Waals surface area contributed by atoms with Gasteiger partial charge in [-0.2, -0.15) is 0 Å². The zero-order valence-corrected chi connectivity index (χ0v) is 11.4. The third-order valence-corrected chi connectivity index (χ3v) is 6.08. The van der Waals surface area contributed by atoms with Gasteiger partial charge < -0.3 is 5.11 Å². The Hall–Kier alpha value is -0.890. The van der Waals surface area contributed by atoms with E-state index < -0.39 is 5.60 Å². The summed E-state index contributed by atoms with van der Waals surface area (Å²) < 4.78 is 14.2. The van der Waals surface area contributed by atoms with Gasteiger partial charge in [-0.3, -0.25) is 0 Å². The highest BCUT2D eigenvalue weighted by atomic mass is 19.1. The lowest BCUT2D eigenvalue weighted by Gasteiger charge is -2.39. The van der Waals surface area contributed by atoms with E-state index in [1.54, 1.807) is 6.07 Å². The molecule has 4 rings (SSSR count). The summed E-state index contributed by atoms with van der Waals surface area (Å²) in [7, 11) is 0. The van der Waals surface area contributed by atoms with Crippen LogP contribution in [0.1, 0.15) is 43.2 Å². The second-order valence-corrected chi connectivity index (χ2v) is 6.97. The van der Waals surface area contributed by atoms with Crippen LogP contribution < -0.4 is 0 Å². The second-order valence-electron chi connectivity index (χ2n) is 6.97. The first-order valence-corrected chi connectivity index (χ1v) is 7.58. The monoisotopic (exact) mass is 260 g/mol. The maximum atomic E-state index is 14.2.